The van der Waals surface area contributed by atoms with Gasteiger partial charge in [0.05, 0.1) is 5.56 Å². The topological polar surface area (TPSA) is 104 Å². The molecule has 2 aromatic carbocycles. The number of sulfonamides is 1. The molecule has 1 aliphatic rings. The number of fused-ring (bicyclic) bond motifs is 1. The molecule has 1 atom stereocenters. The molecule has 8 nitrogen and oxygen atoms in total. The minimum Gasteiger partial charge on any atom is -0.352 e. The fourth-order valence-electron chi connectivity index (χ4n) is 3.56. The molecule has 1 heterocycles. The SMILES string of the molecule is Cc1ccccc1CN(C(=O)CN1C(=O)c2ccccc2S1(=O)=O)[C@H](C)C(=O)NC(C)C. The molecule has 0 fully saturated rings. The van der Waals surface area contributed by atoms with Gasteiger partial charge in [-0.15, -0.1) is 0 Å². The van der Waals surface area contributed by atoms with Crippen molar-refractivity contribution in [2.75, 3.05) is 6.54 Å². The summed E-state index contributed by atoms with van der Waals surface area (Å²) in [6.45, 7) is 6.52. The van der Waals surface area contributed by atoms with E-state index in [0.29, 0.717) is 4.31 Å². The van der Waals surface area contributed by atoms with Crippen molar-refractivity contribution in [3.63, 3.8) is 0 Å². The van der Waals surface area contributed by atoms with E-state index >= 15 is 0 Å². The van der Waals surface area contributed by atoms with E-state index in [1.165, 1.54) is 23.1 Å². The highest BCUT2D eigenvalue weighted by molar-refractivity contribution is 7.90. The molecule has 0 saturated carbocycles. The van der Waals surface area contributed by atoms with Crippen LogP contribution < -0.4 is 5.32 Å². The summed E-state index contributed by atoms with van der Waals surface area (Å²) in [5.41, 5.74) is 1.79. The molecule has 0 radical (unpaired) electrons. The van der Waals surface area contributed by atoms with Crippen LogP contribution in [0.5, 0.6) is 0 Å². The van der Waals surface area contributed by atoms with Crippen LogP contribution in [0.15, 0.2) is 53.4 Å². The number of amides is 3. The third kappa shape index (κ3) is 4.52. The van der Waals surface area contributed by atoms with Gasteiger partial charge in [-0.1, -0.05) is 36.4 Å². The second-order valence-electron chi connectivity index (χ2n) is 8.10. The molecule has 0 spiro atoms. The van der Waals surface area contributed by atoms with Crippen LogP contribution in [0, 0.1) is 6.92 Å². The zero-order valence-corrected chi connectivity index (χ0v) is 19.3. The Morgan fingerprint density at radius 2 is 1.66 bits per heavy atom. The predicted octanol–water partition coefficient (Wildman–Crippen LogP) is 2.08. The molecular formula is C23H27N3O5S. The Balaban J connectivity index is 1.91. The molecule has 0 unspecified atom stereocenters. The van der Waals surface area contributed by atoms with Crippen LogP contribution in [-0.4, -0.2) is 54.0 Å². The summed E-state index contributed by atoms with van der Waals surface area (Å²) in [5, 5.41) is 2.78. The van der Waals surface area contributed by atoms with Crippen molar-refractivity contribution in [2.45, 2.75) is 51.2 Å². The minimum atomic E-state index is -4.13. The maximum atomic E-state index is 13.3. The van der Waals surface area contributed by atoms with Gasteiger partial charge in [0.1, 0.15) is 17.5 Å². The van der Waals surface area contributed by atoms with Gasteiger partial charge in [-0.2, -0.15) is 0 Å². The van der Waals surface area contributed by atoms with E-state index in [0.717, 1.165) is 11.1 Å². The van der Waals surface area contributed by atoms with E-state index in [2.05, 4.69) is 5.32 Å². The zero-order chi connectivity index (χ0) is 23.6. The predicted molar refractivity (Wildman–Crippen MR) is 119 cm³/mol. The number of benzene rings is 2. The Morgan fingerprint density at radius 3 is 2.28 bits per heavy atom. The van der Waals surface area contributed by atoms with Crippen molar-refractivity contribution in [2.24, 2.45) is 0 Å². The molecule has 2 aromatic rings. The van der Waals surface area contributed by atoms with Gasteiger partial charge in [-0.3, -0.25) is 14.4 Å². The maximum Gasteiger partial charge on any atom is 0.269 e. The Bertz CT molecular complexity index is 1160. The Morgan fingerprint density at radius 1 is 1.03 bits per heavy atom. The first kappa shape index (κ1) is 23.5. The van der Waals surface area contributed by atoms with Gasteiger partial charge in [-0.05, 0) is 51.0 Å². The first-order chi connectivity index (χ1) is 15.0. The van der Waals surface area contributed by atoms with E-state index in [4.69, 9.17) is 0 Å². The number of carbonyl (C=O) groups excluding carboxylic acids is 3. The first-order valence-corrected chi connectivity index (χ1v) is 11.8. The Hall–Kier alpha value is -3.20. The number of hydrogen-bond acceptors (Lipinski definition) is 5. The quantitative estimate of drug-likeness (QED) is 0.686. The van der Waals surface area contributed by atoms with Crippen molar-refractivity contribution in [3.05, 3.63) is 65.2 Å². The molecule has 3 amide bonds. The van der Waals surface area contributed by atoms with Crippen molar-refractivity contribution in [1.82, 2.24) is 14.5 Å². The number of hydrogen-bond donors (Lipinski definition) is 1. The highest BCUT2D eigenvalue weighted by atomic mass is 32.2. The van der Waals surface area contributed by atoms with Gasteiger partial charge in [-0.25, -0.2) is 12.7 Å². The Labute approximate surface area is 188 Å². The lowest BCUT2D eigenvalue weighted by Gasteiger charge is -2.31. The Kier molecular flexibility index (Phi) is 6.68. The molecule has 3 rings (SSSR count). The lowest BCUT2D eigenvalue weighted by Crippen LogP contribution is -2.52. The van der Waals surface area contributed by atoms with Crippen molar-refractivity contribution in [3.8, 4) is 0 Å². The number of nitrogens with zero attached hydrogens (tertiary/aromatic N) is 2. The summed E-state index contributed by atoms with van der Waals surface area (Å²) in [4.78, 5) is 39.9. The van der Waals surface area contributed by atoms with E-state index in [9.17, 15) is 22.8 Å². The maximum absolute atomic E-state index is 13.3. The summed E-state index contributed by atoms with van der Waals surface area (Å²) < 4.78 is 26.3. The third-order valence-corrected chi connectivity index (χ3v) is 7.18. The smallest absolute Gasteiger partial charge is 0.269 e. The van der Waals surface area contributed by atoms with Gasteiger partial charge in [0.2, 0.25) is 11.8 Å². The lowest BCUT2D eigenvalue weighted by atomic mass is 10.1. The van der Waals surface area contributed by atoms with Crippen LogP contribution in [0.3, 0.4) is 0 Å². The number of rotatable bonds is 7. The number of aryl methyl sites for hydroxylation is 1. The lowest BCUT2D eigenvalue weighted by molar-refractivity contribution is -0.140. The molecule has 0 aromatic heterocycles. The molecule has 1 N–H and O–H groups in total. The van der Waals surface area contributed by atoms with Gasteiger partial charge in [0.25, 0.3) is 15.9 Å². The van der Waals surface area contributed by atoms with Crippen molar-refractivity contribution < 1.29 is 22.8 Å². The summed E-state index contributed by atoms with van der Waals surface area (Å²) in [6.07, 6.45) is 0. The van der Waals surface area contributed by atoms with E-state index in [1.807, 2.05) is 45.0 Å². The van der Waals surface area contributed by atoms with Crippen LogP contribution in [0.4, 0.5) is 0 Å². The minimum absolute atomic E-state index is 0.0383. The van der Waals surface area contributed by atoms with Crippen molar-refractivity contribution in [1.29, 1.82) is 0 Å². The molecule has 0 bridgehead atoms. The van der Waals surface area contributed by atoms with Gasteiger partial charge in [0, 0.05) is 12.6 Å². The van der Waals surface area contributed by atoms with Crippen LogP contribution in [0.1, 0.15) is 42.3 Å². The fourth-order valence-corrected chi connectivity index (χ4v) is 5.08. The van der Waals surface area contributed by atoms with Gasteiger partial charge >= 0.3 is 0 Å². The van der Waals surface area contributed by atoms with Crippen molar-refractivity contribution >= 4 is 27.7 Å². The van der Waals surface area contributed by atoms with E-state index in [1.54, 1.807) is 13.0 Å². The largest absolute Gasteiger partial charge is 0.352 e. The molecule has 170 valence electrons. The van der Waals surface area contributed by atoms with Crippen LogP contribution >= 0.6 is 0 Å². The summed E-state index contributed by atoms with van der Waals surface area (Å²) >= 11 is 0. The fraction of sp³-hybridized carbons (Fsp3) is 0.348. The molecule has 0 aliphatic carbocycles. The van der Waals surface area contributed by atoms with Crippen LogP contribution in [0.25, 0.3) is 0 Å². The standard InChI is InChI=1S/C23H27N3O5S/c1-15(2)24-22(28)17(4)25(13-18-10-6-5-9-16(18)3)21(27)14-26-23(29)19-11-7-8-12-20(19)32(26,30)31/h5-12,15,17H,13-14H2,1-4H3,(H,24,28)/t17-/m1/s1. The number of nitrogens with one attached hydrogen (secondary N) is 1. The summed E-state index contributed by atoms with van der Waals surface area (Å²) in [7, 11) is -4.13. The zero-order valence-electron chi connectivity index (χ0n) is 18.5. The highest BCUT2D eigenvalue weighted by Crippen LogP contribution is 2.30. The van der Waals surface area contributed by atoms with Crippen LogP contribution in [0.2, 0.25) is 0 Å². The average molecular weight is 458 g/mol. The number of carbonyl (C=O) groups is 3. The monoisotopic (exact) mass is 457 g/mol. The normalized spacial score (nSPS) is 15.4. The first-order valence-electron chi connectivity index (χ1n) is 10.3. The summed E-state index contributed by atoms with van der Waals surface area (Å²) in [5.74, 6) is -1.74. The summed E-state index contributed by atoms with van der Waals surface area (Å²) in [6, 6.07) is 12.3. The average Bonchev–Trinajstić information content (AvgIpc) is 2.93. The molecule has 1 aliphatic heterocycles. The third-order valence-electron chi connectivity index (χ3n) is 5.39. The van der Waals surface area contributed by atoms with Gasteiger partial charge < -0.3 is 10.2 Å². The second-order valence-corrected chi connectivity index (χ2v) is 9.93. The highest BCUT2D eigenvalue weighted by Gasteiger charge is 2.43. The second kappa shape index (κ2) is 9.12. The molecule has 9 heteroatoms. The van der Waals surface area contributed by atoms with E-state index in [-0.39, 0.29) is 29.0 Å². The molecular weight excluding hydrogens is 430 g/mol. The van der Waals surface area contributed by atoms with Gasteiger partial charge in [0.15, 0.2) is 0 Å². The molecule has 0 saturated heterocycles. The van der Waals surface area contributed by atoms with E-state index < -0.39 is 34.4 Å². The van der Waals surface area contributed by atoms with Crippen LogP contribution in [-0.2, 0) is 26.2 Å². The molecule has 32 heavy (non-hydrogen) atoms.